The zero-order chi connectivity index (χ0) is 16.2. The number of ether oxygens (including phenoxy) is 2. The Kier molecular flexibility index (Phi) is 5.13. The van der Waals surface area contributed by atoms with Gasteiger partial charge in [0.15, 0.2) is 0 Å². The van der Waals surface area contributed by atoms with Crippen molar-refractivity contribution in [2.24, 2.45) is 0 Å². The van der Waals surface area contributed by atoms with Gasteiger partial charge in [0.05, 0.1) is 18.8 Å². The topological polar surface area (TPSA) is 63.7 Å². The highest BCUT2D eigenvalue weighted by Gasteiger charge is 2.33. The molecule has 1 atom stereocenters. The second-order valence-electron chi connectivity index (χ2n) is 6.45. The first kappa shape index (κ1) is 16.2. The van der Waals surface area contributed by atoms with Gasteiger partial charge in [-0.25, -0.2) is 9.78 Å². The van der Waals surface area contributed by atoms with E-state index in [0.29, 0.717) is 17.9 Å². The van der Waals surface area contributed by atoms with Crippen molar-refractivity contribution in [1.29, 1.82) is 0 Å². The molecule has 1 saturated heterocycles. The molecule has 0 amide bonds. The predicted molar refractivity (Wildman–Crippen MR) is 87.6 cm³/mol. The zero-order valence-corrected chi connectivity index (χ0v) is 13.8. The lowest BCUT2D eigenvalue weighted by atomic mass is 10.2. The molecule has 0 radical (unpaired) electrons. The number of carbonyl (C=O) groups is 1. The number of carbonyl (C=O) groups excluding carboxylic acids is 1. The van der Waals surface area contributed by atoms with Crippen LogP contribution >= 0.6 is 0 Å². The monoisotopic (exact) mass is 319 g/mol. The van der Waals surface area contributed by atoms with Gasteiger partial charge in [-0.1, -0.05) is 0 Å². The molecule has 1 aliphatic carbocycles. The lowest BCUT2D eigenvalue weighted by Gasteiger charge is -2.33. The largest absolute Gasteiger partial charge is 0.459 e. The van der Waals surface area contributed by atoms with Crippen molar-refractivity contribution >= 4 is 11.8 Å². The predicted octanol–water partition coefficient (Wildman–Crippen LogP) is 1.92. The third-order valence-corrected chi connectivity index (χ3v) is 4.10. The van der Waals surface area contributed by atoms with E-state index in [2.05, 4.69) is 15.2 Å². The summed E-state index contributed by atoms with van der Waals surface area (Å²) >= 11 is 0. The Balaban J connectivity index is 1.58. The van der Waals surface area contributed by atoms with E-state index in [1.807, 2.05) is 13.8 Å². The van der Waals surface area contributed by atoms with Crippen molar-refractivity contribution < 1.29 is 14.3 Å². The van der Waals surface area contributed by atoms with Gasteiger partial charge in [-0.3, -0.25) is 4.90 Å². The van der Waals surface area contributed by atoms with Crippen LogP contribution in [0.1, 0.15) is 37.0 Å². The number of aromatic nitrogens is 1. The average molecular weight is 319 g/mol. The van der Waals surface area contributed by atoms with Gasteiger partial charge in [-0.05, 0) is 38.8 Å². The molecule has 2 aliphatic rings. The second kappa shape index (κ2) is 7.27. The normalized spacial score (nSPS) is 22.1. The van der Waals surface area contributed by atoms with Crippen LogP contribution in [0.2, 0.25) is 0 Å². The molecule has 1 N–H and O–H groups in total. The summed E-state index contributed by atoms with van der Waals surface area (Å²) < 4.78 is 11.1. The van der Waals surface area contributed by atoms with Gasteiger partial charge in [0, 0.05) is 31.9 Å². The summed E-state index contributed by atoms with van der Waals surface area (Å²) in [6.07, 6.45) is 4.27. The maximum absolute atomic E-state index is 12.1. The van der Waals surface area contributed by atoms with Crippen molar-refractivity contribution in [2.45, 2.75) is 44.9 Å². The number of nitrogens with one attached hydrogen (secondary N) is 1. The molecule has 1 aromatic heterocycles. The molecule has 1 saturated carbocycles. The van der Waals surface area contributed by atoms with Gasteiger partial charge in [0.25, 0.3) is 0 Å². The van der Waals surface area contributed by atoms with Gasteiger partial charge in [0.2, 0.25) is 0 Å². The standard InChI is InChI=1S/C17H25N3O3/c1-12(2)23-17(21)15-4-3-7-18-16(15)19-10-14-11-20(8-9-22-14)13-5-6-13/h3-4,7,12-14H,5-6,8-11H2,1-2H3,(H,18,19). The summed E-state index contributed by atoms with van der Waals surface area (Å²) in [5, 5.41) is 3.25. The highest BCUT2D eigenvalue weighted by Crippen LogP contribution is 2.28. The molecular formula is C17H25N3O3. The Morgan fingerprint density at radius 2 is 2.35 bits per heavy atom. The van der Waals surface area contributed by atoms with Crippen LogP contribution in [0.3, 0.4) is 0 Å². The molecule has 1 aromatic rings. The molecule has 6 nitrogen and oxygen atoms in total. The van der Waals surface area contributed by atoms with E-state index in [9.17, 15) is 4.79 Å². The van der Waals surface area contributed by atoms with Crippen molar-refractivity contribution in [3.05, 3.63) is 23.9 Å². The molecule has 126 valence electrons. The highest BCUT2D eigenvalue weighted by molar-refractivity contribution is 5.94. The third kappa shape index (κ3) is 4.42. The molecule has 2 heterocycles. The highest BCUT2D eigenvalue weighted by atomic mass is 16.5. The Bertz CT molecular complexity index is 546. The van der Waals surface area contributed by atoms with E-state index in [1.165, 1.54) is 12.8 Å². The van der Waals surface area contributed by atoms with Crippen LogP contribution in [0.25, 0.3) is 0 Å². The summed E-state index contributed by atoms with van der Waals surface area (Å²) in [6.45, 7) is 7.05. The fraction of sp³-hybridized carbons (Fsp3) is 0.647. The SMILES string of the molecule is CC(C)OC(=O)c1cccnc1NCC1CN(C2CC2)CCO1. The number of hydrogen-bond acceptors (Lipinski definition) is 6. The molecule has 0 aromatic carbocycles. The van der Waals surface area contributed by atoms with Crippen LogP contribution in [0, 0.1) is 0 Å². The smallest absolute Gasteiger partial charge is 0.342 e. The van der Waals surface area contributed by atoms with E-state index in [-0.39, 0.29) is 18.2 Å². The maximum atomic E-state index is 12.1. The van der Waals surface area contributed by atoms with Crippen LogP contribution in [-0.4, -0.2) is 60.3 Å². The molecule has 2 fully saturated rings. The summed E-state index contributed by atoms with van der Waals surface area (Å²) in [4.78, 5) is 18.9. The van der Waals surface area contributed by atoms with Crippen LogP contribution in [-0.2, 0) is 9.47 Å². The van der Waals surface area contributed by atoms with E-state index >= 15 is 0 Å². The Morgan fingerprint density at radius 1 is 1.52 bits per heavy atom. The Labute approximate surface area is 137 Å². The molecule has 0 bridgehead atoms. The van der Waals surface area contributed by atoms with Crippen LogP contribution in [0.15, 0.2) is 18.3 Å². The Morgan fingerprint density at radius 3 is 3.09 bits per heavy atom. The average Bonchev–Trinajstić information content (AvgIpc) is 3.38. The fourth-order valence-electron chi connectivity index (χ4n) is 2.84. The van der Waals surface area contributed by atoms with E-state index < -0.39 is 0 Å². The Hall–Kier alpha value is -1.66. The minimum atomic E-state index is -0.347. The second-order valence-corrected chi connectivity index (χ2v) is 6.45. The summed E-state index contributed by atoms with van der Waals surface area (Å²) in [5.74, 6) is 0.213. The van der Waals surface area contributed by atoms with Crippen LogP contribution < -0.4 is 5.32 Å². The van der Waals surface area contributed by atoms with E-state index in [1.54, 1.807) is 18.3 Å². The lowest BCUT2D eigenvalue weighted by molar-refractivity contribution is -0.0242. The van der Waals surface area contributed by atoms with Gasteiger partial charge in [0.1, 0.15) is 11.4 Å². The van der Waals surface area contributed by atoms with Crippen molar-refractivity contribution in [3.8, 4) is 0 Å². The number of esters is 1. The van der Waals surface area contributed by atoms with Crippen molar-refractivity contribution in [2.75, 3.05) is 31.6 Å². The maximum Gasteiger partial charge on any atom is 0.342 e. The molecule has 6 heteroatoms. The minimum absolute atomic E-state index is 0.125. The number of nitrogens with zero attached hydrogens (tertiary/aromatic N) is 2. The first-order chi connectivity index (χ1) is 11.1. The quantitative estimate of drug-likeness (QED) is 0.808. The summed E-state index contributed by atoms with van der Waals surface area (Å²) in [5.41, 5.74) is 0.469. The third-order valence-electron chi connectivity index (χ3n) is 4.10. The summed E-state index contributed by atoms with van der Waals surface area (Å²) in [6, 6.07) is 4.24. The van der Waals surface area contributed by atoms with E-state index in [4.69, 9.17) is 9.47 Å². The number of anilines is 1. The van der Waals surface area contributed by atoms with Crippen LogP contribution in [0.4, 0.5) is 5.82 Å². The number of rotatable bonds is 6. The fourth-order valence-corrected chi connectivity index (χ4v) is 2.84. The van der Waals surface area contributed by atoms with Crippen LogP contribution in [0.5, 0.6) is 0 Å². The van der Waals surface area contributed by atoms with Gasteiger partial charge >= 0.3 is 5.97 Å². The minimum Gasteiger partial charge on any atom is -0.459 e. The molecular weight excluding hydrogens is 294 g/mol. The first-order valence-corrected chi connectivity index (χ1v) is 8.39. The molecule has 1 unspecified atom stereocenters. The molecule has 3 rings (SSSR count). The van der Waals surface area contributed by atoms with Gasteiger partial charge in [-0.2, -0.15) is 0 Å². The molecule has 1 aliphatic heterocycles. The van der Waals surface area contributed by atoms with E-state index in [0.717, 1.165) is 25.7 Å². The van der Waals surface area contributed by atoms with Gasteiger partial charge < -0.3 is 14.8 Å². The number of pyridine rings is 1. The first-order valence-electron chi connectivity index (χ1n) is 8.39. The molecule has 23 heavy (non-hydrogen) atoms. The van der Waals surface area contributed by atoms with Gasteiger partial charge in [-0.15, -0.1) is 0 Å². The van der Waals surface area contributed by atoms with Crippen molar-refractivity contribution in [1.82, 2.24) is 9.88 Å². The summed E-state index contributed by atoms with van der Waals surface area (Å²) in [7, 11) is 0. The van der Waals surface area contributed by atoms with Crippen molar-refractivity contribution in [3.63, 3.8) is 0 Å². The number of hydrogen-bond donors (Lipinski definition) is 1. The number of morpholine rings is 1. The molecule has 0 spiro atoms. The lowest BCUT2D eigenvalue weighted by Crippen LogP contribution is -2.46. The zero-order valence-electron chi connectivity index (χ0n) is 13.8.